The third-order valence-corrected chi connectivity index (χ3v) is 3.46. The number of carboxylic acids is 1. The molecule has 0 fully saturated rings. The van der Waals surface area contributed by atoms with Crippen LogP contribution in [0.5, 0.6) is 0 Å². The normalized spacial score (nSPS) is 10.5. The van der Waals surface area contributed by atoms with Crippen LogP contribution in [0.15, 0.2) is 12.1 Å². The molecule has 9 heteroatoms. The molecule has 0 aliphatic carbocycles. The molecule has 1 aromatic carbocycles. The second-order valence-corrected chi connectivity index (χ2v) is 4.93. The van der Waals surface area contributed by atoms with E-state index >= 15 is 0 Å². The molecule has 0 saturated carbocycles. The Morgan fingerprint density at radius 3 is 2.48 bits per heavy atom. The van der Waals surface area contributed by atoms with E-state index in [-0.39, 0.29) is 10.0 Å². The highest BCUT2D eigenvalue weighted by molar-refractivity contribution is 7.17. The number of thiazole rings is 1. The van der Waals surface area contributed by atoms with Gasteiger partial charge in [0.15, 0.2) is 28.2 Å². The van der Waals surface area contributed by atoms with Gasteiger partial charge in [-0.1, -0.05) is 11.3 Å². The lowest BCUT2D eigenvalue weighted by Crippen LogP contribution is -2.04. The zero-order chi connectivity index (χ0) is 15.7. The van der Waals surface area contributed by atoms with E-state index in [1.807, 2.05) is 0 Å². The summed E-state index contributed by atoms with van der Waals surface area (Å²) < 4.78 is 39.6. The summed E-state index contributed by atoms with van der Waals surface area (Å²) in [5.41, 5.74) is -1.06. The minimum absolute atomic E-state index is 0.151. The minimum atomic E-state index is -1.43. The number of carbonyl (C=O) groups excluding carboxylic acids is 1. The van der Waals surface area contributed by atoms with E-state index in [1.165, 1.54) is 0 Å². The Balaban J connectivity index is 2.43. The van der Waals surface area contributed by atoms with E-state index in [0.717, 1.165) is 6.92 Å². The van der Waals surface area contributed by atoms with Gasteiger partial charge in [0, 0.05) is 19.1 Å². The van der Waals surface area contributed by atoms with Crippen LogP contribution in [0.25, 0.3) is 0 Å². The van der Waals surface area contributed by atoms with Crippen molar-refractivity contribution in [2.45, 2.75) is 6.92 Å². The maximum Gasteiger partial charge on any atom is 0.356 e. The standard InChI is InChI=1S/C12H7F3N2O3S/c1-4(18)10-9(11(19)20)17-12(21-10)16-7-3-5(13)2-6(14)8(7)15/h2-3H,1H3,(H,16,17)(H,19,20). The van der Waals surface area contributed by atoms with Crippen molar-refractivity contribution in [3.05, 3.63) is 40.2 Å². The Labute approximate surface area is 120 Å². The summed E-state index contributed by atoms with van der Waals surface area (Å²) in [7, 11) is 0. The molecule has 0 aliphatic rings. The number of ketones is 1. The highest BCUT2D eigenvalue weighted by Crippen LogP contribution is 2.29. The van der Waals surface area contributed by atoms with Gasteiger partial charge in [0.1, 0.15) is 10.7 Å². The largest absolute Gasteiger partial charge is 0.476 e. The molecule has 0 spiro atoms. The second kappa shape index (κ2) is 5.52. The van der Waals surface area contributed by atoms with Crippen LogP contribution in [0, 0.1) is 17.5 Å². The van der Waals surface area contributed by atoms with Crippen LogP contribution in [-0.2, 0) is 0 Å². The first-order valence-corrected chi connectivity index (χ1v) is 6.28. The molecule has 1 aromatic heterocycles. The number of nitrogens with zero attached hydrogens (tertiary/aromatic N) is 1. The van der Waals surface area contributed by atoms with Crippen molar-refractivity contribution in [3.8, 4) is 0 Å². The smallest absolute Gasteiger partial charge is 0.356 e. The molecule has 110 valence electrons. The Hall–Kier alpha value is -2.42. The number of Topliss-reactive ketones (excluding diaryl/α,β-unsaturated/α-hetero) is 1. The number of rotatable bonds is 4. The molecule has 0 aliphatic heterocycles. The molecule has 0 unspecified atom stereocenters. The average molecular weight is 316 g/mol. The van der Waals surface area contributed by atoms with Crippen LogP contribution in [-0.4, -0.2) is 21.8 Å². The zero-order valence-corrected chi connectivity index (χ0v) is 11.2. The summed E-state index contributed by atoms with van der Waals surface area (Å²) in [5, 5.41) is 11.0. The van der Waals surface area contributed by atoms with Crippen LogP contribution < -0.4 is 5.32 Å². The molecular weight excluding hydrogens is 309 g/mol. The average Bonchev–Trinajstić information content (AvgIpc) is 2.79. The molecular formula is C12H7F3N2O3S. The van der Waals surface area contributed by atoms with Gasteiger partial charge in [-0.25, -0.2) is 22.9 Å². The van der Waals surface area contributed by atoms with Crippen molar-refractivity contribution in [3.63, 3.8) is 0 Å². The van der Waals surface area contributed by atoms with Crippen molar-refractivity contribution >= 4 is 33.9 Å². The predicted molar refractivity (Wildman–Crippen MR) is 68.7 cm³/mol. The fourth-order valence-corrected chi connectivity index (χ4v) is 2.38. The monoisotopic (exact) mass is 316 g/mol. The van der Waals surface area contributed by atoms with Gasteiger partial charge in [-0.15, -0.1) is 0 Å². The molecule has 0 amide bonds. The van der Waals surface area contributed by atoms with Gasteiger partial charge >= 0.3 is 5.97 Å². The molecule has 0 radical (unpaired) electrons. The van der Waals surface area contributed by atoms with Gasteiger partial charge in [-0.2, -0.15) is 0 Å². The van der Waals surface area contributed by atoms with Crippen LogP contribution >= 0.6 is 11.3 Å². The predicted octanol–water partition coefficient (Wildman–Crippen LogP) is 3.20. The highest BCUT2D eigenvalue weighted by Gasteiger charge is 2.21. The first kappa shape index (κ1) is 15.0. The Morgan fingerprint density at radius 2 is 1.95 bits per heavy atom. The molecule has 2 N–H and O–H groups in total. The number of halogens is 3. The number of aromatic nitrogens is 1. The van der Waals surface area contributed by atoms with Crippen LogP contribution in [0.1, 0.15) is 27.1 Å². The topological polar surface area (TPSA) is 79.3 Å². The lowest BCUT2D eigenvalue weighted by Gasteiger charge is -2.04. The van der Waals surface area contributed by atoms with Crippen molar-refractivity contribution in [1.82, 2.24) is 4.98 Å². The summed E-state index contributed by atoms with van der Waals surface area (Å²) in [6, 6.07) is 1.06. The van der Waals surface area contributed by atoms with E-state index in [1.54, 1.807) is 0 Å². The third kappa shape index (κ3) is 3.02. The summed E-state index contributed by atoms with van der Waals surface area (Å²) in [5.74, 6) is -5.73. The van der Waals surface area contributed by atoms with E-state index < -0.39 is 40.6 Å². The minimum Gasteiger partial charge on any atom is -0.476 e. The number of carbonyl (C=O) groups is 2. The van der Waals surface area contributed by atoms with Gasteiger partial charge < -0.3 is 10.4 Å². The second-order valence-electron chi connectivity index (χ2n) is 3.93. The molecule has 0 atom stereocenters. The quantitative estimate of drug-likeness (QED) is 0.669. The maximum atomic E-state index is 13.5. The zero-order valence-electron chi connectivity index (χ0n) is 10.4. The van der Waals surface area contributed by atoms with Gasteiger partial charge in [0.05, 0.1) is 5.69 Å². The molecule has 2 rings (SSSR count). The summed E-state index contributed by atoms with van der Waals surface area (Å²) in [6.45, 7) is 1.15. The summed E-state index contributed by atoms with van der Waals surface area (Å²) in [6.07, 6.45) is 0. The van der Waals surface area contributed by atoms with E-state index in [9.17, 15) is 22.8 Å². The van der Waals surface area contributed by atoms with Gasteiger partial charge in [0.25, 0.3) is 0 Å². The molecule has 2 aromatic rings. The van der Waals surface area contributed by atoms with Crippen molar-refractivity contribution in [2.75, 3.05) is 5.32 Å². The summed E-state index contributed by atoms with van der Waals surface area (Å²) in [4.78, 5) is 25.7. The number of carboxylic acid groups (broad SMARTS) is 1. The maximum absolute atomic E-state index is 13.5. The lowest BCUT2D eigenvalue weighted by molar-refractivity contribution is 0.0687. The number of hydrogen-bond donors (Lipinski definition) is 2. The number of hydrogen-bond acceptors (Lipinski definition) is 5. The SMILES string of the molecule is CC(=O)c1sc(Nc2cc(F)cc(F)c2F)nc1C(=O)O. The fourth-order valence-electron chi connectivity index (χ4n) is 1.52. The molecule has 1 heterocycles. The molecule has 0 bridgehead atoms. The Bertz CT molecular complexity index is 714. The van der Waals surface area contributed by atoms with Crippen molar-refractivity contribution in [2.24, 2.45) is 0 Å². The van der Waals surface area contributed by atoms with Gasteiger partial charge in [0.2, 0.25) is 0 Å². The number of benzene rings is 1. The lowest BCUT2D eigenvalue weighted by atomic mass is 10.3. The van der Waals surface area contributed by atoms with Crippen LogP contribution in [0.4, 0.5) is 24.0 Å². The molecule has 21 heavy (non-hydrogen) atoms. The summed E-state index contributed by atoms with van der Waals surface area (Å²) >= 11 is 0.647. The molecule has 0 saturated heterocycles. The van der Waals surface area contributed by atoms with Crippen molar-refractivity contribution < 1.29 is 27.9 Å². The fraction of sp³-hybridized carbons (Fsp3) is 0.0833. The first-order chi connectivity index (χ1) is 9.79. The first-order valence-electron chi connectivity index (χ1n) is 5.46. The Kier molecular flexibility index (Phi) is 3.94. The highest BCUT2D eigenvalue weighted by atomic mass is 32.1. The van der Waals surface area contributed by atoms with E-state index in [4.69, 9.17) is 5.11 Å². The van der Waals surface area contributed by atoms with Crippen LogP contribution in [0.3, 0.4) is 0 Å². The van der Waals surface area contributed by atoms with E-state index in [2.05, 4.69) is 10.3 Å². The van der Waals surface area contributed by atoms with Crippen molar-refractivity contribution in [1.29, 1.82) is 0 Å². The van der Waals surface area contributed by atoms with Crippen LogP contribution in [0.2, 0.25) is 0 Å². The number of nitrogens with one attached hydrogen (secondary N) is 1. The van der Waals surface area contributed by atoms with Gasteiger partial charge in [-0.3, -0.25) is 4.79 Å². The third-order valence-electron chi connectivity index (χ3n) is 2.38. The van der Waals surface area contributed by atoms with E-state index in [0.29, 0.717) is 23.5 Å². The molecule has 5 nitrogen and oxygen atoms in total. The number of aromatic carboxylic acids is 1. The van der Waals surface area contributed by atoms with Gasteiger partial charge in [-0.05, 0) is 0 Å². The Morgan fingerprint density at radius 1 is 1.29 bits per heavy atom. The number of anilines is 2.